The van der Waals surface area contributed by atoms with E-state index in [1.165, 1.54) is 6.08 Å². The lowest BCUT2D eigenvalue weighted by Gasteiger charge is -2.42. The molecule has 178 valence electrons. The third kappa shape index (κ3) is 10.5. The fraction of sp³-hybridized carbons (Fsp3) is 0.857. The molecule has 0 rings (SSSR count). The summed E-state index contributed by atoms with van der Waals surface area (Å²) in [6, 6.07) is 0. The third-order valence-corrected chi connectivity index (χ3v) is 18.0. The summed E-state index contributed by atoms with van der Waals surface area (Å²) in [5.74, 6) is -0.182. The van der Waals surface area contributed by atoms with E-state index in [0.717, 1.165) is 25.7 Å². The molecule has 5 nitrogen and oxygen atoms in total. The lowest BCUT2D eigenvalue weighted by atomic mass is 10.1. The molecule has 30 heavy (non-hydrogen) atoms. The second kappa shape index (κ2) is 12.9. The average molecular weight is 492 g/mol. The molecule has 1 N–H and O–H groups in total. The van der Waals surface area contributed by atoms with E-state index < -0.39 is 38.1 Å². The Hall–Kier alpha value is -0.0425. The van der Waals surface area contributed by atoms with Gasteiger partial charge in [-0.3, -0.25) is 4.79 Å². The number of carbonyl (C=O) groups excluding carboxylic acids is 1. The first-order valence-electron chi connectivity index (χ1n) is 11.6. The van der Waals surface area contributed by atoms with Crippen molar-refractivity contribution in [2.24, 2.45) is 0 Å². The summed E-state index contributed by atoms with van der Waals surface area (Å²) >= 11 is 0. The van der Waals surface area contributed by atoms with Gasteiger partial charge in [-0.05, 0) is 27.6 Å². The van der Waals surface area contributed by atoms with Crippen LogP contribution < -0.4 is 5.32 Å². The summed E-state index contributed by atoms with van der Waals surface area (Å²) < 4.78 is 20.5. The standard InChI is InChI=1S/C21H49NO4Si4/c1-12-17(23)22-18(13-2)30(24-27-19(6,7)14-3,25-28-20(8,9)15-4)26-29-21(10,11)16-5/h12,18H,1,13-16,27-29H2,2-11H3,(H,22,23). The number of hydrogen-bond donors (Lipinski definition) is 1. The van der Waals surface area contributed by atoms with Crippen molar-refractivity contribution in [3.63, 3.8) is 0 Å². The smallest absolute Gasteiger partial charge is 0.421 e. The van der Waals surface area contributed by atoms with Crippen LogP contribution in [-0.4, -0.2) is 49.7 Å². The molecule has 0 bridgehead atoms. The van der Waals surface area contributed by atoms with Crippen LogP contribution in [0.1, 0.15) is 94.9 Å². The van der Waals surface area contributed by atoms with Crippen LogP contribution in [0.3, 0.4) is 0 Å². The molecular formula is C21H49NO4Si4. The molecule has 0 aromatic rings. The number of amides is 1. The third-order valence-electron chi connectivity index (χ3n) is 6.20. The van der Waals surface area contributed by atoms with Crippen LogP contribution in [-0.2, 0) is 17.1 Å². The predicted octanol–water partition coefficient (Wildman–Crippen LogP) is 3.67. The Balaban J connectivity index is 6.10. The molecule has 0 saturated carbocycles. The van der Waals surface area contributed by atoms with Crippen LogP contribution in [0.4, 0.5) is 0 Å². The van der Waals surface area contributed by atoms with E-state index in [1.807, 2.05) is 0 Å². The van der Waals surface area contributed by atoms with Crippen LogP contribution in [0.5, 0.6) is 0 Å². The summed E-state index contributed by atoms with van der Waals surface area (Å²) in [6.45, 7) is 25.9. The first-order valence-corrected chi connectivity index (χ1v) is 17.2. The number of rotatable bonds is 16. The van der Waals surface area contributed by atoms with Crippen LogP contribution >= 0.6 is 0 Å². The Bertz CT molecular complexity index is 491. The first-order chi connectivity index (χ1) is 13.7. The number of carbonyl (C=O) groups is 1. The molecule has 1 atom stereocenters. The van der Waals surface area contributed by atoms with Crippen molar-refractivity contribution >= 4 is 44.0 Å². The Labute approximate surface area is 194 Å². The highest BCUT2D eigenvalue weighted by Gasteiger charge is 2.50. The summed E-state index contributed by atoms with van der Waals surface area (Å²) in [5, 5.41) is 3.60. The van der Waals surface area contributed by atoms with Gasteiger partial charge in [-0.15, -0.1) is 0 Å². The molecule has 1 unspecified atom stereocenters. The topological polar surface area (TPSA) is 56.8 Å². The molecule has 0 aromatic heterocycles. The summed E-state index contributed by atoms with van der Waals surface area (Å²) in [7, 11) is -5.83. The van der Waals surface area contributed by atoms with Gasteiger partial charge in [0, 0.05) is 0 Å². The van der Waals surface area contributed by atoms with Crippen LogP contribution in [0.25, 0.3) is 0 Å². The maximum absolute atomic E-state index is 12.3. The molecule has 9 heteroatoms. The maximum atomic E-state index is 12.3. The van der Waals surface area contributed by atoms with Crippen LogP contribution in [0.2, 0.25) is 15.1 Å². The van der Waals surface area contributed by atoms with Gasteiger partial charge >= 0.3 is 8.80 Å². The van der Waals surface area contributed by atoms with Gasteiger partial charge in [0.25, 0.3) is 0 Å². The largest absolute Gasteiger partial charge is 0.492 e. The zero-order chi connectivity index (χ0) is 23.6. The minimum Gasteiger partial charge on any atom is -0.421 e. The monoisotopic (exact) mass is 491 g/mol. The Kier molecular flexibility index (Phi) is 12.8. The van der Waals surface area contributed by atoms with Gasteiger partial charge in [-0.1, -0.05) is 95.1 Å². The van der Waals surface area contributed by atoms with E-state index >= 15 is 0 Å². The van der Waals surface area contributed by atoms with Gasteiger partial charge in [-0.25, -0.2) is 0 Å². The van der Waals surface area contributed by atoms with Crippen molar-refractivity contribution in [1.29, 1.82) is 0 Å². The molecule has 0 fully saturated rings. The minimum atomic E-state index is -3.08. The van der Waals surface area contributed by atoms with E-state index in [0.29, 0.717) is 0 Å². The van der Waals surface area contributed by atoms with Gasteiger partial charge in [0.05, 0.1) is 5.67 Å². The predicted molar refractivity (Wildman–Crippen MR) is 140 cm³/mol. The second-order valence-corrected chi connectivity index (χ2v) is 22.7. The highest BCUT2D eigenvalue weighted by atomic mass is 28.5. The van der Waals surface area contributed by atoms with Gasteiger partial charge in [0.1, 0.15) is 0 Å². The van der Waals surface area contributed by atoms with Gasteiger partial charge in [-0.2, -0.15) is 0 Å². The lowest BCUT2D eigenvalue weighted by Crippen LogP contribution is -2.65. The zero-order valence-corrected chi connectivity index (χ0v) is 26.7. The quantitative estimate of drug-likeness (QED) is 0.264. The van der Waals surface area contributed by atoms with Crippen molar-refractivity contribution in [3.05, 3.63) is 12.7 Å². The van der Waals surface area contributed by atoms with Crippen molar-refractivity contribution in [3.8, 4) is 0 Å². The van der Waals surface area contributed by atoms with Gasteiger partial charge < -0.3 is 17.7 Å². The fourth-order valence-corrected chi connectivity index (χ4v) is 16.5. The summed E-state index contributed by atoms with van der Waals surface area (Å²) in [6.07, 6.45) is 5.25. The number of hydrogen-bond acceptors (Lipinski definition) is 4. The normalized spacial score (nSPS) is 17.3. The maximum Gasteiger partial charge on any atom is 0.492 e. The molecule has 0 aliphatic heterocycles. The van der Waals surface area contributed by atoms with Gasteiger partial charge in [0.2, 0.25) is 5.91 Å². The zero-order valence-electron chi connectivity index (χ0n) is 21.4. The highest BCUT2D eigenvalue weighted by molar-refractivity contribution is 6.76. The molecule has 0 heterocycles. The average Bonchev–Trinajstić information content (AvgIpc) is 2.71. The molecule has 0 aliphatic carbocycles. The van der Waals surface area contributed by atoms with Crippen LogP contribution in [0.15, 0.2) is 12.7 Å². The van der Waals surface area contributed by atoms with E-state index in [-0.39, 0.29) is 26.7 Å². The molecular weight excluding hydrogens is 443 g/mol. The Morgan fingerprint density at radius 1 is 0.867 bits per heavy atom. The highest BCUT2D eigenvalue weighted by Crippen LogP contribution is 2.34. The van der Waals surface area contributed by atoms with Crippen LogP contribution in [0, 0.1) is 0 Å². The minimum absolute atomic E-state index is 0.162. The molecule has 0 radical (unpaired) electrons. The SMILES string of the molecule is C=CC(=O)NC(CC)[Si](O[SiH2]C(C)(C)CC)(O[SiH2]C(C)(C)CC)O[SiH2]C(C)(C)CC. The molecule has 1 amide bonds. The molecule has 0 aromatic carbocycles. The summed E-state index contributed by atoms with van der Waals surface area (Å²) in [4.78, 5) is 12.3. The van der Waals surface area contributed by atoms with E-state index in [2.05, 4.69) is 81.1 Å². The molecule has 0 aliphatic rings. The Morgan fingerprint density at radius 3 is 1.43 bits per heavy atom. The van der Waals surface area contributed by atoms with E-state index in [9.17, 15) is 4.79 Å². The van der Waals surface area contributed by atoms with E-state index in [1.54, 1.807) is 0 Å². The van der Waals surface area contributed by atoms with Crippen molar-refractivity contribution in [2.75, 3.05) is 0 Å². The number of nitrogens with one attached hydrogen (secondary N) is 1. The van der Waals surface area contributed by atoms with Crippen molar-refractivity contribution in [2.45, 2.75) is 116 Å². The fourth-order valence-electron chi connectivity index (χ4n) is 2.29. The summed E-state index contributed by atoms with van der Waals surface area (Å²) in [5.41, 5.74) is -0.219. The molecule has 0 spiro atoms. The van der Waals surface area contributed by atoms with Gasteiger partial charge in [0.15, 0.2) is 29.3 Å². The first kappa shape index (κ1) is 30.0. The van der Waals surface area contributed by atoms with E-state index in [4.69, 9.17) is 12.3 Å². The Morgan fingerprint density at radius 2 is 1.20 bits per heavy atom. The molecule has 0 saturated heterocycles. The lowest BCUT2D eigenvalue weighted by molar-refractivity contribution is -0.117. The van der Waals surface area contributed by atoms with Crippen molar-refractivity contribution < 1.29 is 17.1 Å². The van der Waals surface area contributed by atoms with Crippen molar-refractivity contribution in [1.82, 2.24) is 5.32 Å². The second-order valence-electron chi connectivity index (χ2n) is 10.7.